The molecule has 0 spiro atoms. The van der Waals surface area contributed by atoms with Gasteiger partial charge in [0, 0.05) is 5.69 Å². The normalized spacial score (nSPS) is 10.5. The maximum absolute atomic E-state index is 12.1. The smallest absolute Gasteiger partial charge is 0.338 e. The van der Waals surface area contributed by atoms with Gasteiger partial charge in [-0.2, -0.15) is 0 Å². The minimum Gasteiger partial charge on any atom is -0.508 e. The number of benzene rings is 2. The van der Waals surface area contributed by atoms with E-state index in [9.17, 15) is 14.7 Å². The largest absolute Gasteiger partial charge is 0.508 e. The Morgan fingerprint density at radius 2 is 1.88 bits per heavy atom. The van der Waals surface area contributed by atoms with Gasteiger partial charge in [0.15, 0.2) is 6.61 Å². The van der Waals surface area contributed by atoms with E-state index in [1.165, 1.54) is 24.3 Å². The van der Waals surface area contributed by atoms with Crippen molar-refractivity contribution in [2.24, 2.45) is 0 Å². The van der Waals surface area contributed by atoms with Crippen molar-refractivity contribution in [3.8, 4) is 5.75 Å². The third-order valence-electron chi connectivity index (χ3n) is 3.61. The van der Waals surface area contributed by atoms with Gasteiger partial charge in [-0.1, -0.05) is 38.1 Å². The molecule has 5 heteroatoms. The summed E-state index contributed by atoms with van der Waals surface area (Å²) in [6.45, 7) is 5.62. The quantitative estimate of drug-likeness (QED) is 0.823. The lowest BCUT2D eigenvalue weighted by Crippen LogP contribution is -2.22. The standard InChI is InChI=1S/C19H21NO4/c1-12(2)16-9-4-6-13(3)18(16)20-17(22)11-24-19(23)14-7-5-8-15(21)10-14/h4-10,12,21H,11H2,1-3H3,(H,20,22). The second-order valence-electron chi connectivity index (χ2n) is 5.87. The van der Waals surface area contributed by atoms with Crippen molar-refractivity contribution in [2.75, 3.05) is 11.9 Å². The number of hydrogen-bond acceptors (Lipinski definition) is 4. The Hall–Kier alpha value is -2.82. The molecule has 2 N–H and O–H groups in total. The fraction of sp³-hybridized carbons (Fsp3) is 0.263. The highest BCUT2D eigenvalue weighted by Gasteiger charge is 2.14. The number of amides is 1. The molecule has 0 aliphatic rings. The molecule has 126 valence electrons. The van der Waals surface area contributed by atoms with E-state index in [4.69, 9.17) is 4.74 Å². The van der Waals surface area contributed by atoms with Crippen LogP contribution in [0.25, 0.3) is 0 Å². The first-order valence-corrected chi connectivity index (χ1v) is 7.74. The Labute approximate surface area is 141 Å². The number of ether oxygens (including phenoxy) is 1. The second kappa shape index (κ2) is 7.64. The number of carbonyl (C=O) groups is 2. The number of nitrogens with one attached hydrogen (secondary N) is 1. The monoisotopic (exact) mass is 327 g/mol. The van der Waals surface area contributed by atoms with Crippen LogP contribution >= 0.6 is 0 Å². The summed E-state index contributed by atoms with van der Waals surface area (Å²) >= 11 is 0. The first kappa shape index (κ1) is 17.5. The van der Waals surface area contributed by atoms with Crippen molar-refractivity contribution < 1.29 is 19.4 Å². The molecule has 2 aromatic rings. The highest BCUT2D eigenvalue weighted by atomic mass is 16.5. The zero-order chi connectivity index (χ0) is 17.7. The van der Waals surface area contributed by atoms with Crippen LogP contribution in [-0.4, -0.2) is 23.6 Å². The van der Waals surface area contributed by atoms with Crippen LogP contribution in [0.3, 0.4) is 0 Å². The van der Waals surface area contributed by atoms with Crippen LogP contribution in [0.1, 0.15) is 41.3 Å². The van der Waals surface area contributed by atoms with Gasteiger partial charge in [0.05, 0.1) is 5.56 Å². The molecular formula is C19H21NO4. The van der Waals surface area contributed by atoms with Gasteiger partial charge < -0.3 is 15.2 Å². The maximum atomic E-state index is 12.1. The van der Waals surface area contributed by atoms with Gasteiger partial charge in [-0.15, -0.1) is 0 Å². The molecule has 0 unspecified atom stereocenters. The molecule has 0 aromatic heterocycles. The lowest BCUT2D eigenvalue weighted by molar-refractivity contribution is -0.119. The van der Waals surface area contributed by atoms with Crippen LogP contribution in [0, 0.1) is 6.92 Å². The zero-order valence-corrected chi connectivity index (χ0v) is 14.0. The highest BCUT2D eigenvalue weighted by molar-refractivity contribution is 5.96. The molecule has 0 saturated carbocycles. The summed E-state index contributed by atoms with van der Waals surface area (Å²) in [6.07, 6.45) is 0. The molecule has 2 aromatic carbocycles. The van der Waals surface area contributed by atoms with E-state index >= 15 is 0 Å². The molecule has 0 bridgehead atoms. The van der Waals surface area contributed by atoms with Gasteiger partial charge in [0.25, 0.3) is 5.91 Å². The Kier molecular flexibility index (Phi) is 5.58. The number of anilines is 1. The van der Waals surface area contributed by atoms with E-state index in [0.717, 1.165) is 16.8 Å². The van der Waals surface area contributed by atoms with Crippen molar-refractivity contribution in [1.82, 2.24) is 0 Å². The molecule has 0 aliphatic carbocycles. The second-order valence-corrected chi connectivity index (χ2v) is 5.87. The van der Waals surface area contributed by atoms with Crippen molar-refractivity contribution in [1.29, 1.82) is 0 Å². The summed E-state index contributed by atoms with van der Waals surface area (Å²) in [4.78, 5) is 24.0. The molecule has 5 nitrogen and oxygen atoms in total. The molecule has 2 rings (SSSR count). The third-order valence-corrected chi connectivity index (χ3v) is 3.61. The van der Waals surface area contributed by atoms with E-state index in [1.807, 2.05) is 39.0 Å². The zero-order valence-electron chi connectivity index (χ0n) is 14.0. The van der Waals surface area contributed by atoms with Crippen LogP contribution in [0.2, 0.25) is 0 Å². The summed E-state index contributed by atoms with van der Waals surface area (Å²) in [5.74, 6) is -0.833. The van der Waals surface area contributed by atoms with Gasteiger partial charge in [0.1, 0.15) is 5.75 Å². The molecule has 0 radical (unpaired) electrons. The Bertz CT molecular complexity index is 753. The molecule has 1 amide bonds. The third kappa shape index (κ3) is 4.35. The number of phenols is 1. The van der Waals surface area contributed by atoms with E-state index < -0.39 is 11.9 Å². The van der Waals surface area contributed by atoms with E-state index in [0.29, 0.717) is 0 Å². The van der Waals surface area contributed by atoms with Crippen molar-refractivity contribution in [3.05, 3.63) is 59.2 Å². The van der Waals surface area contributed by atoms with E-state index in [2.05, 4.69) is 5.32 Å². The van der Waals surface area contributed by atoms with Crippen molar-refractivity contribution in [3.63, 3.8) is 0 Å². The van der Waals surface area contributed by atoms with Gasteiger partial charge in [-0.3, -0.25) is 4.79 Å². The minimum atomic E-state index is -0.657. The van der Waals surface area contributed by atoms with Crippen LogP contribution in [-0.2, 0) is 9.53 Å². The molecule has 24 heavy (non-hydrogen) atoms. The Balaban J connectivity index is 2.01. The summed E-state index contributed by atoms with van der Waals surface area (Å²) in [5, 5.41) is 12.2. The fourth-order valence-corrected chi connectivity index (χ4v) is 2.37. The highest BCUT2D eigenvalue weighted by Crippen LogP contribution is 2.27. The molecular weight excluding hydrogens is 306 g/mol. The predicted molar refractivity (Wildman–Crippen MR) is 92.3 cm³/mol. The fourth-order valence-electron chi connectivity index (χ4n) is 2.37. The van der Waals surface area contributed by atoms with Gasteiger partial charge >= 0.3 is 5.97 Å². The number of phenolic OH excluding ortho intramolecular Hbond substituents is 1. The van der Waals surface area contributed by atoms with Crippen LogP contribution in [0.4, 0.5) is 5.69 Å². The molecule has 0 saturated heterocycles. The molecule has 0 fully saturated rings. The SMILES string of the molecule is Cc1cccc(C(C)C)c1NC(=O)COC(=O)c1cccc(O)c1. The number of aryl methyl sites for hydroxylation is 1. The minimum absolute atomic E-state index is 0.0320. The maximum Gasteiger partial charge on any atom is 0.338 e. The van der Waals surface area contributed by atoms with Gasteiger partial charge in [-0.25, -0.2) is 4.79 Å². The number of aromatic hydroxyl groups is 1. The topological polar surface area (TPSA) is 75.6 Å². The van der Waals surface area contributed by atoms with E-state index in [1.54, 1.807) is 0 Å². The Morgan fingerprint density at radius 3 is 2.54 bits per heavy atom. The summed E-state index contributed by atoms with van der Waals surface area (Å²) in [6, 6.07) is 11.6. The average molecular weight is 327 g/mol. The van der Waals surface area contributed by atoms with Crippen molar-refractivity contribution in [2.45, 2.75) is 26.7 Å². The molecule has 0 aliphatic heterocycles. The van der Waals surface area contributed by atoms with Gasteiger partial charge in [-0.05, 0) is 42.2 Å². The number of rotatable bonds is 5. The Morgan fingerprint density at radius 1 is 1.17 bits per heavy atom. The average Bonchev–Trinajstić information content (AvgIpc) is 2.54. The molecule has 0 atom stereocenters. The number of esters is 1. The van der Waals surface area contributed by atoms with Crippen molar-refractivity contribution >= 4 is 17.6 Å². The lowest BCUT2D eigenvalue weighted by atomic mass is 9.98. The van der Waals surface area contributed by atoms with Crippen LogP contribution in [0.5, 0.6) is 5.75 Å². The lowest BCUT2D eigenvalue weighted by Gasteiger charge is -2.16. The first-order valence-electron chi connectivity index (χ1n) is 7.74. The summed E-state index contributed by atoms with van der Waals surface area (Å²) in [7, 11) is 0. The number of para-hydroxylation sites is 1. The van der Waals surface area contributed by atoms with Crippen LogP contribution in [0.15, 0.2) is 42.5 Å². The predicted octanol–water partition coefficient (Wildman–Crippen LogP) is 3.62. The number of carbonyl (C=O) groups excluding carboxylic acids is 2. The van der Waals surface area contributed by atoms with E-state index in [-0.39, 0.29) is 23.8 Å². The first-order chi connectivity index (χ1) is 11.4. The molecule has 0 heterocycles. The van der Waals surface area contributed by atoms with Crippen LogP contribution < -0.4 is 5.32 Å². The van der Waals surface area contributed by atoms with Gasteiger partial charge in [0.2, 0.25) is 0 Å². The summed E-state index contributed by atoms with van der Waals surface area (Å²) in [5.41, 5.74) is 2.93. The number of hydrogen-bond donors (Lipinski definition) is 2. The summed E-state index contributed by atoms with van der Waals surface area (Å²) < 4.78 is 5.00.